The van der Waals surface area contributed by atoms with Gasteiger partial charge in [-0.1, -0.05) is 0 Å². The Morgan fingerprint density at radius 2 is 2.08 bits per heavy atom. The molecule has 0 aromatic carbocycles. The first-order valence-corrected chi connectivity index (χ1v) is 4.41. The Morgan fingerprint density at radius 1 is 1.46 bits per heavy atom. The third-order valence-corrected chi connectivity index (χ3v) is 2.00. The molecule has 0 N–H and O–H groups in total. The molecule has 4 nitrogen and oxygen atoms in total. The minimum absolute atomic E-state index is 0. The van der Waals surface area contributed by atoms with Gasteiger partial charge in [0.15, 0.2) is 0 Å². The van der Waals surface area contributed by atoms with Crippen molar-refractivity contribution >= 4 is 16.9 Å². The normalized spacial score (nSPS) is 11.6. The van der Waals surface area contributed by atoms with Gasteiger partial charge in [0.1, 0.15) is 5.82 Å². The monoisotopic (exact) mass is 208 g/mol. The van der Waals surface area contributed by atoms with Crippen molar-refractivity contribution in [2.24, 2.45) is 0 Å². The molecule has 0 amide bonds. The van der Waals surface area contributed by atoms with Crippen LogP contribution in [-0.2, 0) is 11.1 Å². The van der Waals surface area contributed by atoms with E-state index in [9.17, 15) is 8.76 Å². The van der Waals surface area contributed by atoms with E-state index in [4.69, 9.17) is 0 Å². The Kier molecular flexibility index (Phi) is 5.75. The summed E-state index contributed by atoms with van der Waals surface area (Å²) in [5.41, 5.74) is 0. The molecule has 0 aliphatic carbocycles. The summed E-state index contributed by atoms with van der Waals surface area (Å²) in [4.78, 5) is 5.94. The standard InChI is InChI=1S/C7H10N2O2S.Na/c1-9(2)7-4-3-6(5-8-7)12(10)11;/h3-5H,1-2H3,(H,10,11);/q;+1/p-1. The smallest absolute Gasteiger partial charge is 0.768 e. The molecule has 0 saturated carbocycles. The summed E-state index contributed by atoms with van der Waals surface area (Å²) in [7, 11) is 3.69. The summed E-state index contributed by atoms with van der Waals surface area (Å²) in [6.07, 6.45) is 1.33. The van der Waals surface area contributed by atoms with Gasteiger partial charge < -0.3 is 9.45 Å². The van der Waals surface area contributed by atoms with Crippen LogP contribution in [0.1, 0.15) is 0 Å². The van der Waals surface area contributed by atoms with Gasteiger partial charge in [-0.2, -0.15) is 0 Å². The molecular weight excluding hydrogens is 199 g/mol. The van der Waals surface area contributed by atoms with Crippen LogP contribution in [0.3, 0.4) is 0 Å². The Balaban J connectivity index is 0.00000144. The van der Waals surface area contributed by atoms with E-state index in [-0.39, 0.29) is 34.5 Å². The fourth-order valence-electron chi connectivity index (χ4n) is 0.736. The molecule has 0 aliphatic rings. The molecule has 1 atom stereocenters. The van der Waals surface area contributed by atoms with Crippen molar-refractivity contribution < 1.29 is 38.3 Å². The predicted octanol–water partition coefficient (Wildman–Crippen LogP) is -2.61. The second-order valence-electron chi connectivity index (χ2n) is 2.48. The van der Waals surface area contributed by atoms with Crippen molar-refractivity contribution in [3.05, 3.63) is 18.3 Å². The first-order chi connectivity index (χ1) is 5.61. The van der Waals surface area contributed by atoms with E-state index in [1.165, 1.54) is 12.3 Å². The van der Waals surface area contributed by atoms with Gasteiger partial charge in [-0.15, -0.1) is 0 Å². The quantitative estimate of drug-likeness (QED) is 0.395. The Bertz CT molecular complexity index is 289. The SMILES string of the molecule is CN(C)c1ccc(S(=O)[O-])cn1.[Na+]. The third-order valence-electron chi connectivity index (χ3n) is 1.37. The van der Waals surface area contributed by atoms with Crippen LogP contribution in [0.2, 0.25) is 0 Å². The fraction of sp³-hybridized carbons (Fsp3) is 0.286. The number of pyridine rings is 1. The topological polar surface area (TPSA) is 56.3 Å². The van der Waals surface area contributed by atoms with E-state index < -0.39 is 11.1 Å². The molecule has 0 radical (unpaired) electrons. The molecular formula is C7H9N2NaO2S. The molecule has 1 aromatic rings. The first-order valence-electron chi connectivity index (χ1n) is 3.34. The maximum Gasteiger partial charge on any atom is 1.00 e. The average molecular weight is 208 g/mol. The summed E-state index contributed by atoms with van der Waals surface area (Å²) in [5, 5.41) is 0. The van der Waals surface area contributed by atoms with Crippen LogP contribution in [0.4, 0.5) is 5.82 Å². The summed E-state index contributed by atoms with van der Waals surface area (Å²) in [5.74, 6) is 0.740. The largest absolute Gasteiger partial charge is 1.00 e. The Labute approximate surface area is 102 Å². The van der Waals surface area contributed by atoms with Crippen molar-refractivity contribution in [1.29, 1.82) is 0 Å². The number of aromatic nitrogens is 1. The molecule has 1 rings (SSSR count). The van der Waals surface area contributed by atoms with Gasteiger partial charge in [0.25, 0.3) is 0 Å². The van der Waals surface area contributed by atoms with Gasteiger partial charge in [0.2, 0.25) is 0 Å². The van der Waals surface area contributed by atoms with Crippen molar-refractivity contribution in [2.75, 3.05) is 19.0 Å². The van der Waals surface area contributed by atoms with Crippen molar-refractivity contribution in [2.45, 2.75) is 4.90 Å². The summed E-state index contributed by atoms with van der Waals surface area (Å²) >= 11 is -2.18. The number of nitrogens with zero attached hydrogens (tertiary/aromatic N) is 2. The molecule has 0 saturated heterocycles. The number of hydrogen-bond donors (Lipinski definition) is 0. The fourth-order valence-corrected chi connectivity index (χ4v) is 1.05. The summed E-state index contributed by atoms with van der Waals surface area (Å²) in [6, 6.07) is 3.18. The van der Waals surface area contributed by atoms with Gasteiger partial charge in [0.05, 0.1) is 0 Å². The second-order valence-corrected chi connectivity index (χ2v) is 3.42. The van der Waals surface area contributed by atoms with Crippen molar-refractivity contribution in [3.8, 4) is 0 Å². The van der Waals surface area contributed by atoms with E-state index in [1.807, 2.05) is 14.1 Å². The molecule has 6 heteroatoms. The molecule has 1 heterocycles. The molecule has 0 spiro atoms. The van der Waals surface area contributed by atoms with Crippen LogP contribution in [0.25, 0.3) is 0 Å². The van der Waals surface area contributed by atoms with Crippen LogP contribution in [0.15, 0.2) is 23.2 Å². The third kappa shape index (κ3) is 3.74. The number of anilines is 1. The molecule has 1 unspecified atom stereocenters. The molecule has 0 bridgehead atoms. The van der Waals surface area contributed by atoms with E-state index >= 15 is 0 Å². The Hall–Kier alpha value is 0.0600. The zero-order chi connectivity index (χ0) is 9.14. The molecule has 13 heavy (non-hydrogen) atoms. The van der Waals surface area contributed by atoms with Gasteiger partial charge in [-0.25, -0.2) is 4.98 Å². The van der Waals surface area contributed by atoms with E-state index in [2.05, 4.69) is 4.98 Å². The van der Waals surface area contributed by atoms with Crippen molar-refractivity contribution in [1.82, 2.24) is 4.98 Å². The Morgan fingerprint density at radius 3 is 2.38 bits per heavy atom. The van der Waals surface area contributed by atoms with E-state index in [0.717, 1.165) is 5.82 Å². The summed E-state index contributed by atoms with van der Waals surface area (Å²) < 4.78 is 20.9. The second kappa shape index (κ2) is 5.72. The van der Waals surface area contributed by atoms with Crippen molar-refractivity contribution in [3.63, 3.8) is 0 Å². The molecule has 1 aromatic heterocycles. The number of hydrogen-bond acceptors (Lipinski definition) is 4. The van der Waals surface area contributed by atoms with Gasteiger partial charge >= 0.3 is 29.6 Å². The predicted molar refractivity (Wildman–Crippen MR) is 45.7 cm³/mol. The van der Waals surface area contributed by atoms with Gasteiger partial charge in [-0.05, 0) is 23.2 Å². The zero-order valence-electron chi connectivity index (χ0n) is 7.85. The molecule has 66 valence electrons. The van der Waals surface area contributed by atoms with Gasteiger partial charge in [0, 0.05) is 25.2 Å². The maximum atomic E-state index is 10.4. The zero-order valence-corrected chi connectivity index (χ0v) is 10.7. The van der Waals surface area contributed by atoms with Crippen LogP contribution >= 0.6 is 0 Å². The van der Waals surface area contributed by atoms with Crippen LogP contribution in [0.5, 0.6) is 0 Å². The average Bonchev–Trinajstić information content (AvgIpc) is 2.04. The van der Waals surface area contributed by atoms with E-state index in [0.29, 0.717) is 0 Å². The van der Waals surface area contributed by atoms with Gasteiger partial charge in [-0.3, -0.25) is 4.21 Å². The summed E-state index contributed by atoms with van der Waals surface area (Å²) in [6.45, 7) is 0. The van der Waals surface area contributed by atoms with Crippen LogP contribution < -0.4 is 34.5 Å². The van der Waals surface area contributed by atoms with E-state index in [1.54, 1.807) is 11.0 Å². The van der Waals surface area contributed by atoms with Crippen LogP contribution in [-0.4, -0.2) is 27.8 Å². The minimum atomic E-state index is -2.18. The molecule has 0 aliphatic heterocycles. The number of rotatable bonds is 2. The maximum absolute atomic E-state index is 10.4. The molecule has 0 fully saturated rings. The van der Waals surface area contributed by atoms with Crippen LogP contribution in [0, 0.1) is 0 Å². The minimum Gasteiger partial charge on any atom is -0.768 e. The first kappa shape index (κ1) is 13.1.